The molecule has 0 aromatic carbocycles. The minimum absolute atomic E-state index is 0.315. The summed E-state index contributed by atoms with van der Waals surface area (Å²) in [5.74, 6) is 0.315. The molecule has 0 unspecified atom stereocenters. The molecule has 3 heteroatoms. The fourth-order valence-electron chi connectivity index (χ4n) is 0.353. The Morgan fingerprint density at radius 2 is 2.33 bits per heavy atom. The van der Waals surface area contributed by atoms with Crippen molar-refractivity contribution in [1.29, 1.82) is 0 Å². The largest absolute Gasteiger partial charge is 0.259 e. The number of allylic oxidation sites excluding steroid dienone is 1. The van der Waals surface area contributed by atoms with Crippen molar-refractivity contribution < 1.29 is 4.92 Å². The summed E-state index contributed by atoms with van der Waals surface area (Å²) in [5, 5.41) is 9.74. The Kier molecular flexibility index (Phi) is 3.67. The van der Waals surface area contributed by atoms with E-state index in [4.69, 9.17) is 0 Å². The van der Waals surface area contributed by atoms with E-state index in [1.54, 1.807) is 6.08 Å². The van der Waals surface area contributed by atoms with Crippen LogP contribution in [0.3, 0.4) is 0 Å². The summed E-state index contributed by atoms with van der Waals surface area (Å²) >= 11 is 0. The third kappa shape index (κ3) is 5.00. The third-order valence-electron chi connectivity index (χ3n) is 1.18. The summed E-state index contributed by atoms with van der Waals surface area (Å²) in [6.45, 7) is 3.94. The van der Waals surface area contributed by atoms with Gasteiger partial charge in [0.25, 0.3) is 0 Å². The average Bonchev–Trinajstić information content (AvgIpc) is 1.83. The average molecular weight is 129 g/mol. The van der Waals surface area contributed by atoms with Gasteiger partial charge in [0.15, 0.2) is 0 Å². The molecule has 52 valence electrons. The maximum absolute atomic E-state index is 9.74. The van der Waals surface area contributed by atoms with Crippen LogP contribution in [-0.2, 0) is 0 Å². The third-order valence-corrected chi connectivity index (χ3v) is 1.18. The first-order chi connectivity index (χ1) is 4.16. The van der Waals surface area contributed by atoms with Crippen LogP contribution in [0.2, 0.25) is 0 Å². The molecule has 0 radical (unpaired) electrons. The molecule has 9 heavy (non-hydrogen) atoms. The lowest BCUT2D eigenvalue weighted by Crippen LogP contribution is -1.88. The lowest BCUT2D eigenvalue weighted by Gasteiger charge is -1.94. The van der Waals surface area contributed by atoms with Gasteiger partial charge in [-0.2, -0.15) is 0 Å². The van der Waals surface area contributed by atoms with E-state index < -0.39 is 4.92 Å². The standard InChI is InChI=1S/C6H11NO2/c1-3-6(2)4-5-7(8)9/h4-6H,3H2,1-2H3/b5-4-/t6-/m0/s1. The fourth-order valence-corrected chi connectivity index (χ4v) is 0.353. The fraction of sp³-hybridized carbons (Fsp3) is 0.667. The maximum atomic E-state index is 9.74. The SMILES string of the molecule is CC[C@H](C)/C=C\[N+](=O)[O-]. The molecule has 0 aliphatic carbocycles. The van der Waals surface area contributed by atoms with Crippen LogP contribution in [0.5, 0.6) is 0 Å². The van der Waals surface area contributed by atoms with Crippen molar-refractivity contribution in [3.8, 4) is 0 Å². The Hall–Kier alpha value is -0.860. The van der Waals surface area contributed by atoms with Gasteiger partial charge in [-0.1, -0.05) is 13.8 Å². The molecule has 0 saturated heterocycles. The molecular weight excluding hydrogens is 118 g/mol. The number of hydrogen-bond donors (Lipinski definition) is 0. The van der Waals surface area contributed by atoms with E-state index in [2.05, 4.69) is 0 Å². The number of nitro groups is 1. The van der Waals surface area contributed by atoms with Gasteiger partial charge < -0.3 is 0 Å². The first kappa shape index (κ1) is 8.14. The van der Waals surface area contributed by atoms with E-state index >= 15 is 0 Å². The Morgan fingerprint density at radius 1 is 1.78 bits per heavy atom. The van der Waals surface area contributed by atoms with Crippen LogP contribution in [0.1, 0.15) is 20.3 Å². The van der Waals surface area contributed by atoms with Crippen LogP contribution in [0.15, 0.2) is 12.3 Å². The van der Waals surface area contributed by atoms with Crippen LogP contribution in [0.4, 0.5) is 0 Å². The van der Waals surface area contributed by atoms with Crippen molar-refractivity contribution in [1.82, 2.24) is 0 Å². The van der Waals surface area contributed by atoms with E-state index in [-0.39, 0.29) is 0 Å². The van der Waals surface area contributed by atoms with E-state index in [9.17, 15) is 10.1 Å². The highest BCUT2D eigenvalue weighted by molar-refractivity contribution is 4.77. The first-order valence-electron chi connectivity index (χ1n) is 2.98. The van der Waals surface area contributed by atoms with Gasteiger partial charge in [0, 0.05) is 0 Å². The zero-order valence-corrected chi connectivity index (χ0v) is 5.70. The summed E-state index contributed by atoms with van der Waals surface area (Å²) in [6.07, 6.45) is 3.54. The van der Waals surface area contributed by atoms with Crippen molar-refractivity contribution in [2.45, 2.75) is 20.3 Å². The summed E-state index contributed by atoms with van der Waals surface area (Å²) in [5.41, 5.74) is 0. The molecular formula is C6H11NO2. The van der Waals surface area contributed by atoms with Gasteiger partial charge in [-0.25, -0.2) is 0 Å². The van der Waals surface area contributed by atoms with E-state index in [1.165, 1.54) is 0 Å². The van der Waals surface area contributed by atoms with Crippen molar-refractivity contribution >= 4 is 0 Å². The Labute approximate surface area is 54.5 Å². The van der Waals surface area contributed by atoms with Crippen LogP contribution in [-0.4, -0.2) is 4.92 Å². The van der Waals surface area contributed by atoms with E-state index in [0.29, 0.717) is 5.92 Å². The van der Waals surface area contributed by atoms with Crippen molar-refractivity contribution in [3.05, 3.63) is 22.4 Å². The zero-order valence-electron chi connectivity index (χ0n) is 5.70. The van der Waals surface area contributed by atoms with Gasteiger partial charge in [0.1, 0.15) is 0 Å². The molecule has 0 bridgehead atoms. The zero-order chi connectivity index (χ0) is 7.28. The van der Waals surface area contributed by atoms with Crippen molar-refractivity contribution in [2.24, 2.45) is 5.92 Å². The Balaban J connectivity index is 3.56. The highest BCUT2D eigenvalue weighted by Crippen LogP contribution is 2.00. The Morgan fingerprint density at radius 3 is 2.67 bits per heavy atom. The molecule has 1 atom stereocenters. The molecule has 0 saturated carbocycles. The van der Waals surface area contributed by atoms with Crippen molar-refractivity contribution in [2.75, 3.05) is 0 Å². The number of hydrogen-bond acceptors (Lipinski definition) is 2. The topological polar surface area (TPSA) is 43.1 Å². The van der Waals surface area contributed by atoms with Crippen LogP contribution in [0, 0.1) is 16.0 Å². The molecule has 0 spiro atoms. The highest BCUT2D eigenvalue weighted by atomic mass is 16.6. The normalized spacial score (nSPS) is 14.0. The van der Waals surface area contributed by atoms with Gasteiger partial charge in [-0.3, -0.25) is 10.1 Å². The molecule has 0 amide bonds. The second kappa shape index (κ2) is 4.06. The van der Waals surface area contributed by atoms with Gasteiger partial charge in [0.2, 0.25) is 6.20 Å². The highest BCUT2D eigenvalue weighted by Gasteiger charge is 1.92. The van der Waals surface area contributed by atoms with Gasteiger partial charge in [-0.05, 0) is 18.4 Å². The van der Waals surface area contributed by atoms with Crippen LogP contribution < -0.4 is 0 Å². The van der Waals surface area contributed by atoms with Gasteiger partial charge >= 0.3 is 0 Å². The van der Waals surface area contributed by atoms with Gasteiger partial charge in [-0.15, -0.1) is 0 Å². The van der Waals surface area contributed by atoms with E-state index in [0.717, 1.165) is 12.6 Å². The smallest absolute Gasteiger partial charge is 0.230 e. The molecule has 0 heterocycles. The second-order valence-corrected chi connectivity index (χ2v) is 2.01. The lowest BCUT2D eigenvalue weighted by molar-refractivity contribution is -0.402. The van der Waals surface area contributed by atoms with E-state index in [1.807, 2.05) is 13.8 Å². The lowest BCUT2D eigenvalue weighted by atomic mass is 10.1. The Bertz CT molecular complexity index is 120. The number of nitrogens with zero attached hydrogens (tertiary/aromatic N) is 1. The van der Waals surface area contributed by atoms with Crippen LogP contribution >= 0.6 is 0 Å². The molecule has 0 aliphatic heterocycles. The molecule has 0 aromatic rings. The minimum atomic E-state index is -0.438. The summed E-state index contributed by atoms with van der Waals surface area (Å²) in [6, 6.07) is 0. The predicted octanol–water partition coefficient (Wildman–Crippen LogP) is 1.82. The maximum Gasteiger partial charge on any atom is 0.230 e. The quantitative estimate of drug-likeness (QED) is 0.431. The summed E-state index contributed by atoms with van der Waals surface area (Å²) in [4.78, 5) is 9.30. The number of rotatable bonds is 3. The van der Waals surface area contributed by atoms with Crippen LogP contribution in [0.25, 0.3) is 0 Å². The molecule has 0 fully saturated rings. The summed E-state index contributed by atoms with van der Waals surface area (Å²) in [7, 11) is 0. The summed E-state index contributed by atoms with van der Waals surface area (Å²) < 4.78 is 0. The molecule has 0 aromatic heterocycles. The molecule has 0 aliphatic rings. The van der Waals surface area contributed by atoms with Gasteiger partial charge in [0.05, 0.1) is 4.92 Å². The minimum Gasteiger partial charge on any atom is -0.259 e. The molecule has 3 nitrogen and oxygen atoms in total. The predicted molar refractivity (Wildman–Crippen MR) is 35.6 cm³/mol. The second-order valence-electron chi connectivity index (χ2n) is 2.01. The van der Waals surface area contributed by atoms with Crippen molar-refractivity contribution in [3.63, 3.8) is 0 Å². The monoisotopic (exact) mass is 129 g/mol. The first-order valence-corrected chi connectivity index (χ1v) is 2.98. The molecule has 0 N–H and O–H groups in total. The molecule has 0 rings (SSSR count).